The van der Waals surface area contributed by atoms with Gasteiger partial charge in [0.05, 0.1) is 5.02 Å². The first-order valence-electron chi connectivity index (χ1n) is 5.65. The molecule has 2 N–H and O–H groups in total. The third-order valence-electron chi connectivity index (χ3n) is 2.60. The van der Waals surface area contributed by atoms with E-state index in [9.17, 15) is 4.39 Å². The molecule has 0 saturated carbocycles. The Labute approximate surface area is 120 Å². The lowest BCUT2D eigenvalue weighted by atomic mass is 10.2. The minimum absolute atomic E-state index is 0.277. The maximum atomic E-state index is 12.8. The molecule has 100 valence electrons. The second-order valence-corrected chi connectivity index (χ2v) is 4.84. The van der Waals surface area contributed by atoms with Gasteiger partial charge in [-0.2, -0.15) is 0 Å². The highest BCUT2D eigenvalue weighted by atomic mass is 35.5. The number of benzene rings is 2. The quantitative estimate of drug-likeness (QED) is 0.919. The summed E-state index contributed by atoms with van der Waals surface area (Å²) in [5.41, 5.74) is 7.21. The van der Waals surface area contributed by atoms with Crippen LogP contribution in [0.2, 0.25) is 10.0 Å². The standard InChI is InChI=1S/C14H12Cl2FNO/c15-11-5-10(7-18)14(13(16)6-11)19-8-9-1-3-12(17)4-2-9/h1-6H,7-8,18H2. The number of rotatable bonds is 4. The monoisotopic (exact) mass is 299 g/mol. The van der Waals surface area contributed by atoms with Crippen molar-refractivity contribution in [2.75, 3.05) is 0 Å². The van der Waals surface area contributed by atoms with E-state index in [1.807, 2.05) is 0 Å². The van der Waals surface area contributed by atoms with Crippen molar-refractivity contribution >= 4 is 23.2 Å². The van der Waals surface area contributed by atoms with Crippen molar-refractivity contribution in [3.63, 3.8) is 0 Å². The van der Waals surface area contributed by atoms with Crippen LogP contribution in [0.1, 0.15) is 11.1 Å². The van der Waals surface area contributed by atoms with Gasteiger partial charge in [-0.1, -0.05) is 35.3 Å². The number of hydrogen-bond acceptors (Lipinski definition) is 2. The Morgan fingerprint density at radius 3 is 2.42 bits per heavy atom. The first-order chi connectivity index (χ1) is 9.10. The van der Waals surface area contributed by atoms with E-state index in [2.05, 4.69) is 0 Å². The summed E-state index contributed by atoms with van der Waals surface area (Å²) in [6.45, 7) is 0.563. The topological polar surface area (TPSA) is 35.2 Å². The number of halogens is 3. The van der Waals surface area contributed by atoms with Crippen LogP contribution >= 0.6 is 23.2 Å². The van der Waals surface area contributed by atoms with Gasteiger partial charge < -0.3 is 10.5 Å². The zero-order chi connectivity index (χ0) is 13.8. The lowest BCUT2D eigenvalue weighted by Gasteiger charge is -2.13. The number of nitrogens with two attached hydrogens (primary N) is 1. The molecule has 0 unspecified atom stereocenters. The van der Waals surface area contributed by atoms with Crippen LogP contribution in [0.5, 0.6) is 5.75 Å². The molecule has 0 bridgehead atoms. The van der Waals surface area contributed by atoms with E-state index in [4.69, 9.17) is 33.7 Å². The fraction of sp³-hybridized carbons (Fsp3) is 0.143. The van der Waals surface area contributed by atoms with Gasteiger partial charge in [0.1, 0.15) is 18.2 Å². The SMILES string of the molecule is NCc1cc(Cl)cc(Cl)c1OCc1ccc(F)cc1. The summed E-state index contributed by atoms with van der Waals surface area (Å²) in [4.78, 5) is 0. The molecule has 2 rings (SSSR count). The minimum Gasteiger partial charge on any atom is -0.487 e. The van der Waals surface area contributed by atoms with Crippen molar-refractivity contribution in [1.29, 1.82) is 0 Å². The van der Waals surface area contributed by atoms with Crippen molar-refractivity contribution < 1.29 is 9.13 Å². The summed E-state index contributed by atoms with van der Waals surface area (Å²) in [7, 11) is 0. The maximum absolute atomic E-state index is 12.8. The van der Waals surface area contributed by atoms with Crippen molar-refractivity contribution in [2.45, 2.75) is 13.2 Å². The molecule has 19 heavy (non-hydrogen) atoms. The summed E-state index contributed by atoms with van der Waals surface area (Å²) in [5.74, 6) is 0.230. The molecule has 0 aliphatic carbocycles. The van der Waals surface area contributed by atoms with Crippen LogP contribution in [0.15, 0.2) is 36.4 Å². The summed E-state index contributed by atoms with van der Waals surface area (Å²) in [5, 5.41) is 0.926. The summed E-state index contributed by atoms with van der Waals surface area (Å²) >= 11 is 12.0. The zero-order valence-electron chi connectivity index (χ0n) is 10.00. The van der Waals surface area contributed by atoms with E-state index < -0.39 is 0 Å². The van der Waals surface area contributed by atoms with E-state index in [1.54, 1.807) is 24.3 Å². The molecule has 0 fully saturated rings. The van der Waals surface area contributed by atoms with Crippen molar-refractivity contribution in [2.24, 2.45) is 5.73 Å². The third-order valence-corrected chi connectivity index (χ3v) is 3.10. The van der Waals surface area contributed by atoms with E-state index in [0.29, 0.717) is 15.8 Å². The molecule has 2 aromatic rings. The largest absolute Gasteiger partial charge is 0.487 e. The van der Waals surface area contributed by atoms with Gasteiger partial charge in [-0.15, -0.1) is 0 Å². The molecule has 0 aliphatic heterocycles. The van der Waals surface area contributed by atoms with Crippen molar-refractivity contribution in [1.82, 2.24) is 0 Å². The summed E-state index contributed by atoms with van der Waals surface area (Å²) in [6, 6.07) is 9.39. The van der Waals surface area contributed by atoms with Gasteiger partial charge >= 0.3 is 0 Å². The predicted octanol–water partition coefficient (Wildman–Crippen LogP) is 4.17. The second kappa shape index (κ2) is 6.24. The average molecular weight is 300 g/mol. The van der Waals surface area contributed by atoms with Crippen LogP contribution in [-0.2, 0) is 13.2 Å². The molecular formula is C14H12Cl2FNO. The Balaban J connectivity index is 2.17. The Morgan fingerprint density at radius 1 is 1.11 bits per heavy atom. The van der Waals surface area contributed by atoms with Crippen LogP contribution in [0, 0.1) is 5.82 Å². The van der Waals surface area contributed by atoms with E-state index in [0.717, 1.165) is 11.1 Å². The number of ether oxygens (including phenoxy) is 1. The second-order valence-electron chi connectivity index (χ2n) is 4.00. The van der Waals surface area contributed by atoms with Crippen LogP contribution < -0.4 is 10.5 Å². The highest BCUT2D eigenvalue weighted by Gasteiger charge is 2.10. The fourth-order valence-corrected chi connectivity index (χ4v) is 2.25. The Bertz CT molecular complexity index is 572. The lowest BCUT2D eigenvalue weighted by Crippen LogP contribution is -2.03. The molecule has 5 heteroatoms. The van der Waals surface area contributed by atoms with Gasteiger partial charge in [-0.3, -0.25) is 0 Å². The van der Waals surface area contributed by atoms with Crippen molar-refractivity contribution in [3.05, 3.63) is 63.4 Å². The molecular weight excluding hydrogens is 288 g/mol. The highest BCUT2D eigenvalue weighted by Crippen LogP contribution is 2.32. The molecule has 0 aliphatic rings. The van der Waals surface area contributed by atoms with Gasteiger partial charge in [-0.25, -0.2) is 4.39 Å². The van der Waals surface area contributed by atoms with E-state index in [-0.39, 0.29) is 19.0 Å². The molecule has 0 heterocycles. The molecule has 0 radical (unpaired) electrons. The molecule has 0 saturated heterocycles. The van der Waals surface area contributed by atoms with Gasteiger partial charge in [0.15, 0.2) is 0 Å². The molecule has 2 nitrogen and oxygen atoms in total. The first kappa shape index (κ1) is 14.1. The third kappa shape index (κ3) is 3.60. The van der Waals surface area contributed by atoms with Gasteiger partial charge in [0, 0.05) is 17.1 Å². The Morgan fingerprint density at radius 2 is 1.79 bits per heavy atom. The number of hydrogen-bond donors (Lipinski definition) is 1. The Hall–Kier alpha value is -1.29. The van der Waals surface area contributed by atoms with Crippen LogP contribution in [0.4, 0.5) is 4.39 Å². The minimum atomic E-state index is -0.282. The first-order valence-corrected chi connectivity index (χ1v) is 6.41. The molecule has 0 spiro atoms. The van der Waals surface area contributed by atoms with Gasteiger partial charge in [0.25, 0.3) is 0 Å². The Kier molecular flexibility index (Phi) is 4.64. The maximum Gasteiger partial charge on any atom is 0.142 e. The smallest absolute Gasteiger partial charge is 0.142 e. The molecule has 0 aromatic heterocycles. The van der Waals surface area contributed by atoms with Crippen LogP contribution in [0.3, 0.4) is 0 Å². The van der Waals surface area contributed by atoms with Gasteiger partial charge in [0.2, 0.25) is 0 Å². The predicted molar refractivity (Wildman–Crippen MR) is 75.1 cm³/mol. The molecule has 0 amide bonds. The lowest BCUT2D eigenvalue weighted by molar-refractivity contribution is 0.303. The molecule has 2 aromatic carbocycles. The van der Waals surface area contributed by atoms with E-state index >= 15 is 0 Å². The molecule has 0 atom stereocenters. The summed E-state index contributed by atoms with van der Waals surface area (Å²) < 4.78 is 18.4. The summed E-state index contributed by atoms with van der Waals surface area (Å²) in [6.07, 6.45) is 0. The zero-order valence-corrected chi connectivity index (χ0v) is 11.5. The van der Waals surface area contributed by atoms with E-state index in [1.165, 1.54) is 12.1 Å². The van der Waals surface area contributed by atoms with Crippen LogP contribution in [0.25, 0.3) is 0 Å². The van der Waals surface area contributed by atoms with Crippen LogP contribution in [-0.4, -0.2) is 0 Å². The van der Waals surface area contributed by atoms with Gasteiger partial charge in [-0.05, 0) is 29.8 Å². The van der Waals surface area contributed by atoms with Crippen molar-refractivity contribution in [3.8, 4) is 5.75 Å². The normalized spacial score (nSPS) is 10.5. The highest BCUT2D eigenvalue weighted by molar-refractivity contribution is 6.35. The average Bonchev–Trinajstić information content (AvgIpc) is 2.39. The fourth-order valence-electron chi connectivity index (χ4n) is 1.66.